The van der Waals surface area contributed by atoms with Crippen LogP contribution in [0.2, 0.25) is 0 Å². The summed E-state index contributed by atoms with van der Waals surface area (Å²) in [6.45, 7) is 7.53. The molecule has 68 valence electrons. The summed E-state index contributed by atoms with van der Waals surface area (Å²) >= 11 is 0. The molecule has 0 aliphatic rings. The van der Waals surface area contributed by atoms with Gasteiger partial charge < -0.3 is 0 Å². The van der Waals surface area contributed by atoms with Gasteiger partial charge in [0.2, 0.25) is 0 Å². The summed E-state index contributed by atoms with van der Waals surface area (Å²) in [5.41, 5.74) is -0.416. The van der Waals surface area contributed by atoms with E-state index in [1.807, 2.05) is 0 Å². The van der Waals surface area contributed by atoms with E-state index in [0.29, 0.717) is 6.54 Å². The van der Waals surface area contributed by atoms with Crippen molar-refractivity contribution in [2.45, 2.75) is 33.2 Å². The van der Waals surface area contributed by atoms with Crippen LogP contribution in [0, 0.1) is 0 Å². The average molecular weight is 180 g/mol. The van der Waals surface area contributed by atoms with E-state index in [1.54, 1.807) is 27.7 Å². The molecule has 0 rings (SSSR count). The summed E-state index contributed by atoms with van der Waals surface area (Å²) in [6, 6.07) is 0. The molecule has 0 amide bonds. The third-order valence-electron chi connectivity index (χ3n) is 0.775. The molecular weight excluding hydrogens is 164 g/mol. The lowest BCUT2D eigenvalue weighted by molar-refractivity contribution is 0.485. The molecule has 0 saturated heterocycles. The van der Waals surface area contributed by atoms with Gasteiger partial charge in [0.1, 0.15) is 0 Å². The molecule has 0 aromatic rings. The lowest BCUT2D eigenvalue weighted by atomic mass is 10.1. The van der Waals surface area contributed by atoms with Crippen LogP contribution >= 0.6 is 0 Å². The Morgan fingerprint density at radius 3 is 2.00 bits per heavy atom. The Morgan fingerprint density at radius 2 is 1.73 bits per heavy atom. The molecule has 0 unspecified atom stereocenters. The van der Waals surface area contributed by atoms with Gasteiger partial charge in [0.15, 0.2) is 0 Å². The van der Waals surface area contributed by atoms with Crippen molar-refractivity contribution in [3.8, 4) is 0 Å². The van der Waals surface area contributed by atoms with Gasteiger partial charge in [-0.15, -0.1) is 0 Å². The largest absolute Gasteiger partial charge is 0.277 e. The maximum atomic E-state index is 11.0. The first-order valence-corrected chi connectivity index (χ1v) is 5.04. The van der Waals surface area contributed by atoms with Crippen LogP contribution in [-0.2, 0) is 10.2 Å². The predicted molar refractivity (Wildman–Crippen MR) is 45.5 cm³/mol. The summed E-state index contributed by atoms with van der Waals surface area (Å²) in [6.07, 6.45) is 0. The second kappa shape index (κ2) is 3.51. The fourth-order valence-electron chi connectivity index (χ4n) is 0.629. The van der Waals surface area contributed by atoms with E-state index < -0.39 is 15.7 Å². The number of rotatable bonds is 3. The highest BCUT2D eigenvalue weighted by molar-refractivity contribution is 7.87. The number of nitrogens with one attached hydrogen (secondary N) is 2. The Balaban J connectivity index is 4.15. The van der Waals surface area contributed by atoms with Gasteiger partial charge in [0.25, 0.3) is 10.2 Å². The highest BCUT2D eigenvalue weighted by Crippen LogP contribution is 1.99. The molecule has 5 heteroatoms. The summed E-state index contributed by atoms with van der Waals surface area (Å²) < 4.78 is 26.8. The zero-order valence-electron chi connectivity index (χ0n) is 7.43. The molecule has 4 nitrogen and oxygen atoms in total. The Morgan fingerprint density at radius 1 is 1.27 bits per heavy atom. The van der Waals surface area contributed by atoms with E-state index in [9.17, 15) is 8.42 Å². The highest BCUT2D eigenvalue weighted by atomic mass is 32.2. The fraction of sp³-hybridized carbons (Fsp3) is 1.00. The lowest BCUT2D eigenvalue weighted by Gasteiger charge is -2.19. The van der Waals surface area contributed by atoms with Crippen molar-refractivity contribution < 1.29 is 8.42 Å². The molecular formula is C6H16N2O2S. The van der Waals surface area contributed by atoms with E-state index in [0.717, 1.165) is 0 Å². The Kier molecular flexibility index (Phi) is 3.47. The third-order valence-corrected chi connectivity index (χ3v) is 2.32. The second-order valence-electron chi connectivity index (χ2n) is 3.35. The van der Waals surface area contributed by atoms with Gasteiger partial charge in [-0.3, -0.25) is 0 Å². The summed E-state index contributed by atoms with van der Waals surface area (Å²) in [5, 5.41) is 0. The third kappa shape index (κ3) is 6.28. The second-order valence-corrected chi connectivity index (χ2v) is 4.85. The quantitative estimate of drug-likeness (QED) is 0.653. The van der Waals surface area contributed by atoms with Crippen molar-refractivity contribution in [3.63, 3.8) is 0 Å². The van der Waals surface area contributed by atoms with Crippen LogP contribution in [0.25, 0.3) is 0 Å². The van der Waals surface area contributed by atoms with Gasteiger partial charge in [-0.05, 0) is 20.8 Å². The first kappa shape index (κ1) is 10.9. The van der Waals surface area contributed by atoms with Gasteiger partial charge in [0, 0.05) is 12.1 Å². The molecule has 0 aliphatic carbocycles. The van der Waals surface area contributed by atoms with Crippen molar-refractivity contribution in [2.24, 2.45) is 0 Å². The normalized spacial score (nSPS) is 13.5. The molecule has 0 saturated carbocycles. The summed E-state index contributed by atoms with van der Waals surface area (Å²) in [5.74, 6) is 0. The van der Waals surface area contributed by atoms with Crippen LogP contribution in [-0.4, -0.2) is 20.5 Å². The van der Waals surface area contributed by atoms with E-state index in [2.05, 4.69) is 9.44 Å². The lowest BCUT2D eigenvalue weighted by Crippen LogP contribution is -2.46. The van der Waals surface area contributed by atoms with Gasteiger partial charge >= 0.3 is 0 Å². The van der Waals surface area contributed by atoms with Crippen molar-refractivity contribution in [1.29, 1.82) is 0 Å². The van der Waals surface area contributed by atoms with Gasteiger partial charge in [0.05, 0.1) is 0 Å². The fourth-order valence-corrected chi connectivity index (χ4v) is 1.89. The van der Waals surface area contributed by atoms with Crippen molar-refractivity contribution in [2.75, 3.05) is 6.54 Å². The van der Waals surface area contributed by atoms with Crippen LogP contribution in [0.15, 0.2) is 0 Å². The monoisotopic (exact) mass is 180 g/mol. The average Bonchev–Trinajstić information content (AvgIpc) is 1.55. The Hall–Kier alpha value is -0.130. The molecule has 0 aliphatic heterocycles. The molecule has 0 spiro atoms. The van der Waals surface area contributed by atoms with Crippen LogP contribution < -0.4 is 9.44 Å². The zero-order valence-corrected chi connectivity index (χ0v) is 8.25. The smallest absolute Gasteiger partial charge is 0.203 e. The minimum absolute atomic E-state index is 0.408. The van der Waals surface area contributed by atoms with Crippen LogP contribution in [0.4, 0.5) is 0 Å². The van der Waals surface area contributed by atoms with E-state index >= 15 is 0 Å². The molecule has 0 radical (unpaired) electrons. The first-order chi connectivity index (χ1) is 4.77. The Bertz CT molecular complexity index is 203. The standard InChI is InChI=1S/C6H16N2O2S/c1-5-7-11(9,10)8-6(2,3)4/h7-8H,5H2,1-4H3. The minimum Gasteiger partial charge on any atom is -0.203 e. The van der Waals surface area contributed by atoms with Crippen LogP contribution in [0.1, 0.15) is 27.7 Å². The molecule has 0 atom stereocenters. The molecule has 2 N–H and O–H groups in total. The highest BCUT2D eigenvalue weighted by Gasteiger charge is 2.17. The maximum Gasteiger partial charge on any atom is 0.277 e. The predicted octanol–water partition coefficient (Wildman–Crippen LogP) is 0.229. The minimum atomic E-state index is -3.29. The zero-order chi connectivity index (χ0) is 9.12. The first-order valence-electron chi connectivity index (χ1n) is 3.55. The molecule has 0 aromatic carbocycles. The summed E-state index contributed by atoms with van der Waals surface area (Å²) in [7, 11) is -3.29. The van der Waals surface area contributed by atoms with Gasteiger partial charge in [-0.1, -0.05) is 6.92 Å². The maximum absolute atomic E-state index is 11.0. The van der Waals surface area contributed by atoms with Gasteiger partial charge in [-0.25, -0.2) is 4.72 Å². The van der Waals surface area contributed by atoms with Crippen molar-refractivity contribution in [1.82, 2.24) is 9.44 Å². The summed E-state index contributed by atoms with van der Waals surface area (Å²) in [4.78, 5) is 0. The van der Waals surface area contributed by atoms with Crippen LogP contribution in [0.5, 0.6) is 0 Å². The van der Waals surface area contributed by atoms with E-state index in [-0.39, 0.29) is 0 Å². The number of hydrogen-bond donors (Lipinski definition) is 2. The van der Waals surface area contributed by atoms with E-state index in [4.69, 9.17) is 0 Å². The molecule has 0 heterocycles. The molecule has 11 heavy (non-hydrogen) atoms. The van der Waals surface area contributed by atoms with Crippen molar-refractivity contribution >= 4 is 10.2 Å². The SMILES string of the molecule is CCNS(=O)(=O)NC(C)(C)C. The topological polar surface area (TPSA) is 58.2 Å². The molecule has 0 fully saturated rings. The van der Waals surface area contributed by atoms with Gasteiger partial charge in [-0.2, -0.15) is 13.1 Å². The van der Waals surface area contributed by atoms with Crippen molar-refractivity contribution in [3.05, 3.63) is 0 Å². The van der Waals surface area contributed by atoms with Crippen LogP contribution in [0.3, 0.4) is 0 Å². The van der Waals surface area contributed by atoms with E-state index in [1.165, 1.54) is 0 Å². The molecule has 0 bridgehead atoms. The Labute approximate surface area is 68.6 Å². The molecule has 0 aromatic heterocycles. The number of hydrogen-bond acceptors (Lipinski definition) is 2.